The fraction of sp³-hybridized carbons (Fsp3) is 0.846. The molecule has 3 nitrogen and oxygen atoms in total. The van der Waals surface area contributed by atoms with Crippen LogP contribution in [-0.4, -0.2) is 17.4 Å². The number of rotatable bonds is 6. The first kappa shape index (κ1) is 16.4. The van der Waals surface area contributed by atoms with E-state index in [4.69, 9.17) is 18.0 Å². The standard InChI is InChI=1S/C13H26N2OS/c1-7-13(6,10(14)17)11(16)15-8-12(4,5)9(2)3/h9H,7-8H2,1-6H3,(H2,14,17)(H,15,16). The van der Waals surface area contributed by atoms with Crippen LogP contribution in [0.1, 0.15) is 48.0 Å². The Hall–Kier alpha value is -0.640. The molecule has 0 aliphatic carbocycles. The Bertz CT molecular complexity index is 300. The Kier molecular flexibility index (Phi) is 5.59. The molecule has 4 heteroatoms. The van der Waals surface area contributed by atoms with Crippen molar-refractivity contribution in [1.29, 1.82) is 0 Å². The lowest BCUT2D eigenvalue weighted by molar-refractivity contribution is -0.127. The van der Waals surface area contributed by atoms with Gasteiger partial charge in [0.1, 0.15) is 0 Å². The second-order valence-corrected chi connectivity index (χ2v) is 6.32. The summed E-state index contributed by atoms with van der Waals surface area (Å²) in [4.78, 5) is 12.4. The van der Waals surface area contributed by atoms with Gasteiger partial charge in [-0.15, -0.1) is 0 Å². The summed E-state index contributed by atoms with van der Waals surface area (Å²) in [5.41, 5.74) is 4.99. The van der Waals surface area contributed by atoms with Crippen molar-refractivity contribution in [3.05, 3.63) is 0 Å². The lowest BCUT2D eigenvalue weighted by atomic mass is 9.80. The maximum absolute atomic E-state index is 12.1. The molecule has 100 valence electrons. The molecule has 0 rings (SSSR count). The number of nitrogens with one attached hydrogen (secondary N) is 1. The molecule has 1 amide bonds. The summed E-state index contributed by atoms with van der Waals surface area (Å²) in [7, 11) is 0. The molecule has 0 aromatic rings. The zero-order chi connectivity index (χ0) is 13.9. The molecule has 0 aliphatic heterocycles. The van der Waals surface area contributed by atoms with Crippen LogP contribution in [0.2, 0.25) is 0 Å². The van der Waals surface area contributed by atoms with Crippen LogP contribution in [0.5, 0.6) is 0 Å². The van der Waals surface area contributed by atoms with Crippen LogP contribution in [0.4, 0.5) is 0 Å². The number of carbonyl (C=O) groups excluding carboxylic acids is 1. The van der Waals surface area contributed by atoms with Crippen molar-refractivity contribution in [2.75, 3.05) is 6.54 Å². The highest BCUT2D eigenvalue weighted by Crippen LogP contribution is 2.26. The van der Waals surface area contributed by atoms with Gasteiger partial charge >= 0.3 is 0 Å². The number of carbonyl (C=O) groups is 1. The van der Waals surface area contributed by atoms with Crippen molar-refractivity contribution in [2.24, 2.45) is 22.5 Å². The average molecular weight is 258 g/mol. The molecule has 3 N–H and O–H groups in total. The van der Waals surface area contributed by atoms with Crippen LogP contribution >= 0.6 is 12.2 Å². The van der Waals surface area contributed by atoms with Gasteiger partial charge in [-0.05, 0) is 24.7 Å². The van der Waals surface area contributed by atoms with Crippen molar-refractivity contribution in [2.45, 2.75) is 48.0 Å². The van der Waals surface area contributed by atoms with E-state index in [1.54, 1.807) is 6.92 Å². The summed E-state index contributed by atoms with van der Waals surface area (Å²) in [5.74, 6) is 0.432. The molecule has 0 bridgehead atoms. The van der Waals surface area contributed by atoms with E-state index in [-0.39, 0.29) is 16.3 Å². The van der Waals surface area contributed by atoms with Gasteiger partial charge < -0.3 is 11.1 Å². The summed E-state index contributed by atoms with van der Waals surface area (Å²) in [6.45, 7) is 12.9. The summed E-state index contributed by atoms with van der Waals surface area (Å²) >= 11 is 4.98. The summed E-state index contributed by atoms with van der Waals surface area (Å²) < 4.78 is 0. The third kappa shape index (κ3) is 3.95. The molecular weight excluding hydrogens is 232 g/mol. The topological polar surface area (TPSA) is 55.1 Å². The monoisotopic (exact) mass is 258 g/mol. The van der Waals surface area contributed by atoms with Gasteiger partial charge in [0.2, 0.25) is 5.91 Å². The first-order valence-corrected chi connectivity index (χ1v) is 6.57. The quantitative estimate of drug-likeness (QED) is 0.720. The van der Waals surface area contributed by atoms with Crippen molar-refractivity contribution >= 4 is 23.1 Å². The van der Waals surface area contributed by atoms with Gasteiger partial charge in [-0.3, -0.25) is 4.79 Å². The molecule has 0 aliphatic rings. The van der Waals surface area contributed by atoms with Crippen LogP contribution in [-0.2, 0) is 4.79 Å². The van der Waals surface area contributed by atoms with E-state index in [1.807, 2.05) is 6.92 Å². The van der Waals surface area contributed by atoms with E-state index in [0.29, 0.717) is 18.9 Å². The molecule has 0 saturated carbocycles. The highest BCUT2D eigenvalue weighted by atomic mass is 32.1. The molecule has 0 heterocycles. The largest absolute Gasteiger partial charge is 0.392 e. The molecule has 1 atom stereocenters. The lowest BCUT2D eigenvalue weighted by Crippen LogP contribution is -2.49. The number of nitrogens with two attached hydrogens (primary N) is 1. The van der Waals surface area contributed by atoms with Crippen LogP contribution in [0.3, 0.4) is 0 Å². The van der Waals surface area contributed by atoms with Gasteiger partial charge in [-0.1, -0.05) is 46.8 Å². The lowest BCUT2D eigenvalue weighted by Gasteiger charge is -2.32. The maximum Gasteiger partial charge on any atom is 0.232 e. The Labute approximate surface area is 111 Å². The van der Waals surface area contributed by atoms with Gasteiger partial charge in [0.15, 0.2) is 0 Å². The molecule has 1 unspecified atom stereocenters. The predicted octanol–water partition coefficient (Wildman–Crippen LogP) is 2.49. The van der Waals surface area contributed by atoms with E-state index in [2.05, 4.69) is 33.0 Å². The number of thiocarbonyl (C=S) groups is 1. The van der Waals surface area contributed by atoms with E-state index in [1.165, 1.54) is 0 Å². The van der Waals surface area contributed by atoms with Gasteiger partial charge in [-0.2, -0.15) is 0 Å². The molecule has 0 saturated heterocycles. The van der Waals surface area contributed by atoms with E-state index >= 15 is 0 Å². The second kappa shape index (κ2) is 5.80. The first-order valence-electron chi connectivity index (χ1n) is 6.16. The number of amides is 1. The van der Waals surface area contributed by atoms with Crippen molar-refractivity contribution in [3.8, 4) is 0 Å². The van der Waals surface area contributed by atoms with Crippen LogP contribution in [0.25, 0.3) is 0 Å². The predicted molar refractivity (Wildman–Crippen MR) is 76.8 cm³/mol. The van der Waals surface area contributed by atoms with Crippen LogP contribution in [0, 0.1) is 16.7 Å². The van der Waals surface area contributed by atoms with Crippen LogP contribution in [0.15, 0.2) is 0 Å². The second-order valence-electron chi connectivity index (χ2n) is 5.88. The van der Waals surface area contributed by atoms with Crippen molar-refractivity contribution in [1.82, 2.24) is 5.32 Å². The third-order valence-electron chi connectivity index (χ3n) is 4.02. The highest BCUT2D eigenvalue weighted by Gasteiger charge is 2.35. The van der Waals surface area contributed by atoms with Crippen molar-refractivity contribution < 1.29 is 4.79 Å². The zero-order valence-corrected chi connectivity index (χ0v) is 12.7. The normalized spacial score (nSPS) is 15.5. The smallest absolute Gasteiger partial charge is 0.232 e. The maximum atomic E-state index is 12.1. The first-order chi connectivity index (χ1) is 7.58. The Balaban J connectivity index is 4.61. The molecular formula is C13H26N2OS. The Morgan fingerprint density at radius 3 is 2.12 bits per heavy atom. The fourth-order valence-electron chi connectivity index (χ4n) is 1.15. The van der Waals surface area contributed by atoms with E-state index in [9.17, 15) is 4.79 Å². The SMILES string of the molecule is CCC(C)(C(=O)NCC(C)(C)C(C)C)C(N)=S. The number of hydrogen-bond donors (Lipinski definition) is 2. The van der Waals surface area contributed by atoms with Gasteiger partial charge in [0.25, 0.3) is 0 Å². The molecule has 17 heavy (non-hydrogen) atoms. The molecule has 0 radical (unpaired) electrons. The summed E-state index contributed by atoms with van der Waals surface area (Å²) in [5, 5.41) is 2.97. The van der Waals surface area contributed by atoms with Gasteiger partial charge in [-0.25, -0.2) is 0 Å². The minimum atomic E-state index is -0.734. The van der Waals surface area contributed by atoms with Crippen LogP contribution < -0.4 is 11.1 Å². The molecule has 0 fully saturated rings. The zero-order valence-electron chi connectivity index (χ0n) is 11.9. The average Bonchev–Trinajstić information content (AvgIpc) is 2.24. The van der Waals surface area contributed by atoms with E-state index in [0.717, 1.165) is 0 Å². The molecule has 0 spiro atoms. The summed E-state index contributed by atoms with van der Waals surface area (Å²) in [6, 6.07) is 0. The minimum absolute atomic E-state index is 0.0683. The molecule has 0 aromatic carbocycles. The van der Waals surface area contributed by atoms with Gasteiger partial charge in [0, 0.05) is 6.54 Å². The number of hydrogen-bond acceptors (Lipinski definition) is 2. The van der Waals surface area contributed by atoms with Gasteiger partial charge in [0.05, 0.1) is 10.4 Å². The highest BCUT2D eigenvalue weighted by molar-refractivity contribution is 7.80. The fourth-order valence-corrected chi connectivity index (χ4v) is 1.39. The summed E-state index contributed by atoms with van der Waals surface area (Å²) in [6.07, 6.45) is 0.621. The minimum Gasteiger partial charge on any atom is -0.392 e. The van der Waals surface area contributed by atoms with Crippen molar-refractivity contribution in [3.63, 3.8) is 0 Å². The van der Waals surface area contributed by atoms with E-state index < -0.39 is 5.41 Å². The third-order valence-corrected chi connectivity index (χ3v) is 4.47. The molecule has 0 aromatic heterocycles. The Morgan fingerprint density at radius 2 is 1.82 bits per heavy atom. The Morgan fingerprint density at radius 1 is 1.35 bits per heavy atom.